The van der Waals surface area contributed by atoms with Crippen LogP contribution in [0.4, 0.5) is 0 Å². The number of hydrogen-bond acceptors (Lipinski definition) is 3. The number of carbonyl (C=O) groups is 1. The van der Waals surface area contributed by atoms with Crippen molar-refractivity contribution in [1.29, 1.82) is 0 Å². The SMILES string of the molecule is CCSCCCC(=O)OC. The second-order valence-corrected chi connectivity index (χ2v) is 3.27. The van der Waals surface area contributed by atoms with Crippen molar-refractivity contribution in [3.05, 3.63) is 0 Å². The summed E-state index contributed by atoms with van der Waals surface area (Å²) in [6.45, 7) is 2.11. The van der Waals surface area contributed by atoms with E-state index in [0.29, 0.717) is 6.42 Å². The Hall–Kier alpha value is -0.180. The van der Waals surface area contributed by atoms with Gasteiger partial charge < -0.3 is 4.74 Å². The molecule has 0 rings (SSSR count). The van der Waals surface area contributed by atoms with Crippen LogP contribution >= 0.6 is 11.8 Å². The predicted octanol–water partition coefficient (Wildman–Crippen LogP) is 1.69. The van der Waals surface area contributed by atoms with E-state index in [1.54, 1.807) is 0 Å². The molecule has 10 heavy (non-hydrogen) atoms. The first kappa shape index (κ1) is 9.82. The van der Waals surface area contributed by atoms with Gasteiger partial charge in [-0.2, -0.15) is 11.8 Å². The molecule has 0 atom stereocenters. The van der Waals surface area contributed by atoms with Crippen LogP contribution in [0.2, 0.25) is 0 Å². The minimum absolute atomic E-state index is 0.100. The summed E-state index contributed by atoms with van der Waals surface area (Å²) in [4.78, 5) is 10.5. The fraction of sp³-hybridized carbons (Fsp3) is 0.857. The van der Waals surface area contributed by atoms with Crippen LogP contribution < -0.4 is 0 Å². The summed E-state index contributed by atoms with van der Waals surface area (Å²) in [5.74, 6) is 2.09. The molecule has 0 unspecified atom stereocenters. The molecule has 0 aromatic rings. The molecule has 0 bridgehead atoms. The molecule has 0 radical (unpaired) electrons. The first-order chi connectivity index (χ1) is 4.81. The van der Waals surface area contributed by atoms with Gasteiger partial charge in [0.15, 0.2) is 0 Å². The Labute approximate surface area is 66.3 Å². The van der Waals surface area contributed by atoms with Crippen molar-refractivity contribution >= 4 is 17.7 Å². The van der Waals surface area contributed by atoms with Crippen molar-refractivity contribution in [2.75, 3.05) is 18.6 Å². The van der Waals surface area contributed by atoms with E-state index in [1.165, 1.54) is 7.11 Å². The second-order valence-electron chi connectivity index (χ2n) is 1.88. The predicted molar refractivity (Wildman–Crippen MR) is 44.2 cm³/mol. The van der Waals surface area contributed by atoms with Crippen LogP contribution in [-0.2, 0) is 9.53 Å². The number of methoxy groups -OCH3 is 1. The zero-order chi connectivity index (χ0) is 7.82. The van der Waals surface area contributed by atoms with Crippen molar-refractivity contribution in [2.24, 2.45) is 0 Å². The Morgan fingerprint density at radius 1 is 1.60 bits per heavy atom. The number of ether oxygens (including phenoxy) is 1. The monoisotopic (exact) mass is 162 g/mol. The quantitative estimate of drug-likeness (QED) is 0.454. The molecule has 0 aromatic heterocycles. The highest BCUT2D eigenvalue weighted by atomic mass is 32.2. The Morgan fingerprint density at radius 3 is 2.80 bits per heavy atom. The lowest BCUT2D eigenvalue weighted by molar-refractivity contribution is -0.140. The van der Waals surface area contributed by atoms with Crippen molar-refractivity contribution in [3.63, 3.8) is 0 Å². The zero-order valence-corrected chi connectivity index (χ0v) is 7.37. The molecule has 0 aliphatic carbocycles. The third-order valence-electron chi connectivity index (χ3n) is 1.10. The van der Waals surface area contributed by atoms with Gasteiger partial charge in [0.05, 0.1) is 7.11 Å². The van der Waals surface area contributed by atoms with Gasteiger partial charge in [0.2, 0.25) is 0 Å². The third kappa shape index (κ3) is 5.95. The highest BCUT2D eigenvalue weighted by Crippen LogP contribution is 2.03. The van der Waals surface area contributed by atoms with Gasteiger partial charge in [-0.15, -0.1) is 0 Å². The highest BCUT2D eigenvalue weighted by Gasteiger charge is 1.97. The number of thioether (sulfide) groups is 1. The van der Waals surface area contributed by atoms with Crippen LogP contribution in [-0.4, -0.2) is 24.6 Å². The van der Waals surface area contributed by atoms with Gasteiger partial charge in [-0.1, -0.05) is 6.92 Å². The van der Waals surface area contributed by atoms with E-state index in [4.69, 9.17) is 0 Å². The summed E-state index contributed by atoms with van der Waals surface area (Å²) in [7, 11) is 1.43. The third-order valence-corrected chi connectivity index (χ3v) is 2.09. The average molecular weight is 162 g/mol. The van der Waals surface area contributed by atoms with E-state index in [0.717, 1.165) is 17.9 Å². The fourth-order valence-corrected chi connectivity index (χ4v) is 1.20. The Kier molecular flexibility index (Phi) is 6.81. The maximum Gasteiger partial charge on any atom is 0.305 e. The standard InChI is InChI=1S/C7H14O2S/c1-3-10-6-4-5-7(8)9-2/h3-6H2,1-2H3. The Balaban J connectivity index is 2.96. The zero-order valence-electron chi connectivity index (χ0n) is 6.55. The Bertz CT molecular complexity index is 93.6. The summed E-state index contributed by atoms with van der Waals surface area (Å²) in [5, 5.41) is 0. The van der Waals surface area contributed by atoms with Gasteiger partial charge in [-0.05, 0) is 17.9 Å². The average Bonchev–Trinajstić information content (AvgIpc) is 1.98. The molecule has 60 valence electrons. The van der Waals surface area contributed by atoms with Crippen LogP contribution in [0, 0.1) is 0 Å². The van der Waals surface area contributed by atoms with Crippen LogP contribution in [0.3, 0.4) is 0 Å². The summed E-state index contributed by atoms with van der Waals surface area (Å²) in [6.07, 6.45) is 1.49. The summed E-state index contributed by atoms with van der Waals surface area (Å²) in [6, 6.07) is 0. The van der Waals surface area contributed by atoms with Crippen molar-refractivity contribution in [3.8, 4) is 0 Å². The molecule has 0 aromatic carbocycles. The number of hydrogen-bond donors (Lipinski definition) is 0. The summed E-state index contributed by atoms with van der Waals surface area (Å²) in [5.41, 5.74) is 0. The van der Waals surface area contributed by atoms with E-state index in [1.807, 2.05) is 11.8 Å². The van der Waals surface area contributed by atoms with Gasteiger partial charge in [0, 0.05) is 6.42 Å². The molecule has 0 aliphatic heterocycles. The minimum Gasteiger partial charge on any atom is -0.469 e. The number of esters is 1. The maximum absolute atomic E-state index is 10.5. The lowest BCUT2D eigenvalue weighted by Crippen LogP contribution is -1.99. The maximum atomic E-state index is 10.5. The molecule has 0 amide bonds. The first-order valence-electron chi connectivity index (χ1n) is 3.45. The van der Waals surface area contributed by atoms with E-state index >= 15 is 0 Å². The smallest absolute Gasteiger partial charge is 0.305 e. The molecule has 0 saturated carbocycles. The van der Waals surface area contributed by atoms with Gasteiger partial charge >= 0.3 is 5.97 Å². The van der Waals surface area contributed by atoms with E-state index in [9.17, 15) is 4.79 Å². The minimum atomic E-state index is -0.100. The van der Waals surface area contributed by atoms with Crippen molar-refractivity contribution < 1.29 is 9.53 Å². The van der Waals surface area contributed by atoms with Crippen molar-refractivity contribution in [1.82, 2.24) is 0 Å². The fourth-order valence-electron chi connectivity index (χ4n) is 0.565. The molecule has 0 fully saturated rings. The highest BCUT2D eigenvalue weighted by molar-refractivity contribution is 7.99. The second kappa shape index (κ2) is 6.93. The molecule has 0 spiro atoms. The topological polar surface area (TPSA) is 26.3 Å². The largest absolute Gasteiger partial charge is 0.469 e. The molecule has 0 N–H and O–H groups in total. The van der Waals surface area contributed by atoms with E-state index in [2.05, 4.69) is 11.7 Å². The molecule has 2 nitrogen and oxygen atoms in total. The van der Waals surface area contributed by atoms with Crippen LogP contribution in [0.25, 0.3) is 0 Å². The van der Waals surface area contributed by atoms with Gasteiger partial charge in [0.25, 0.3) is 0 Å². The number of rotatable bonds is 5. The molecular formula is C7H14O2S. The van der Waals surface area contributed by atoms with E-state index in [-0.39, 0.29) is 5.97 Å². The normalized spacial score (nSPS) is 9.40. The molecule has 0 heterocycles. The van der Waals surface area contributed by atoms with Gasteiger partial charge in [-0.3, -0.25) is 4.79 Å². The van der Waals surface area contributed by atoms with Gasteiger partial charge in [0.1, 0.15) is 0 Å². The molecule has 0 saturated heterocycles. The first-order valence-corrected chi connectivity index (χ1v) is 4.61. The van der Waals surface area contributed by atoms with Crippen LogP contribution in [0.5, 0.6) is 0 Å². The molecule has 0 aliphatic rings. The lowest BCUT2D eigenvalue weighted by Gasteiger charge is -1.97. The Morgan fingerprint density at radius 2 is 2.30 bits per heavy atom. The summed E-state index contributed by atoms with van der Waals surface area (Å²) < 4.78 is 4.48. The van der Waals surface area contributed by atoms with E-state index < -0.39 is 0 Å². The van der Waals surface area contributed by atoms with Crippen LogP contribution in [0.1, 0.15) is 19.8 Å². The van der Waals surface area contributed by atoms with Crippen LogP contribution in [0.15, 0.2) is 0 Å². The number of carbonyl (C=O) groups excluding carboxylic acids is 1. The summed E-state index contributed by atoms with van der Waals surface area (Å²) >= 11 is 1.85. The van der Waals surface area contributed by atoms with Gasteiger partial charge in [-0.25, -0.2) is 0 Å². The lowest BCUT2D eigenvalue weighted by atomic mass is 10.3. The molecule has 3 heteroatoms. The molecular weight excluding hydrogens is 148 g/mol. The van der Waals surface area contributed by atoms with Crippen molar-refractivity contribution in [2.45, 2.75) is 19.8 Å².